The van der Waals surface area contributed by atoms with Crippen molar-refractivity contribution < 1.29 is 4.79 Å². The molecule has 0 radical (unpaired) electrons. The van der Waals surface area contributed by atoms with E-state index in [9.17, 15) is 4.79 Å². The van der Waals surface area contributed by atoms with Gasteiger partial charge in [-0.1, -0.05) is 76.3 Å². The molecule has 6 heteroatoms. The Kier molecular flexibility index (Phi) is 11.9. The van der Waals surface area contributed by atoms with Crippen LogP contribution in [0, 0.1) is 0 Å². The molecule has 1 aromatic heterocycles. The van der Waals surface area contributed by atoms with Gasteiger partial charge in [-0.05, 0) is 19.3 Å². The average Bonchev–Trinajstić information content (AvgIpc) is 3.05. The third-order valence-electron chi connectivity index (χ3n) is 4.66. The highest BCUT2D eigenvalue weighted by molar-refractivity contribution is 5.79. The van der Waals surface area contributed by atoms with Crippen LogP contribution in [0.1, 0.15) is 89.7 Å². The van der Waals surface area contributed by atoms with Gasteiger partial charge in [-0.15, -0.1) is 5.10 Å². The fourth-order valence-electron chi connectivity index (χ4n) is 2.95. The normalized spacial score (nSPS) is 12.4. The SMILES string of the molecule is CCCCCCCCCCCCCc1cn(CCC(N)C(N)=O)nn1. The number of amides is 1. The van der Waals surface area contributed by atoms with E-state index in [4.69, 9.17) is 11.5 Å². The molecule has 0 aliphatic heterocycles. The van der Waals surface area contributed by atoms with E-state index in [1.165, 1.54) is 64.2 Å². The molecule has 1 rings (SSSR count). The number of unbranched alkanes of at least 4 members (excludes halogenated alkanes) is 10. The molecule has 0 saturated heterocycles. The Morgan fingerprint density at radius 2 is 1.60 bits per heavy atom. The maximum Gasteiger partial charge on any atom is 0.234 e. The highest BCUT2D eigenvalue weighted by Crippen LogP contribution is 2.12. The monoisotopic (exact) mass is 351 g/mol. The zero-order valence-corrected chi connectivity index (χ0v) is 16.0. The molecule has 0 saturated carbocycles. The van der Waals surface area contributed by atoms with Gasteiger partial charge in [0.05, 0.1) is 11.7 Å². The maximum absolute atomic E-state index is 10.9. The van der Waals surface area contributed by atoms with E-state index in [0.717, 1.165) is 18.5 Å². The van der Waals surface area contributed by atoms with Gasteiger partial charge < -0.3 is 11.5 Å². The van der Waals surface area contributed by atoms with Gasteiger partial charge in [0, 0.05) is 12.7 Å². The fraction of sp³-hybridized carbons (Fsp3) is 0.842. The Morgan fingerprint density at radius 3 is 2.16 bits per heavy atom. The van der Waals surface area contributed by atoms with Gasteiger partial charge in [-0.25, -0.2) is 0 Å². The molecule has 0 bridgehead atoms. The summed E-state index contributed by atoms with van der Waals surface area (Å²) in [6, 6.07) is -0.612. The Balaban J connectivity index is 1.97. The predicted octanol–water partition coefficient (Wildman–Crippen LogP) is 3.33. The summed E-state index contributed by atoms with van der Waals surface area (Å²) < 4.78 is 1.75. The van der Waals surface area contributed by atoms with E-state index in [1.54, 1.807) is 4.68 Å². The lowest BCUT2D eigenvalue weighted by Crippen LogP contribution is -2.37. The summed E-state index contributed by atoms with van der Waals surface area (Å²) in [5, 5.41) is 8.25. The summed E-state index contributed by atoms with van der Waals surface area (Å²) >= 11 is 0. The molecule has 0 spiro atoms. The number of nitrogens with zero attached hydrogens (tertiary/aromatic N) is 3. The summed E-state index contributed by atoms with van der Waals surface area (Å²) in [6.45, 7) is 2.84. The number of rotatable bonds is 16. The first-order chi connectivity index (χ1) is 12.1. The van der Waals surface area contributed by atoms with E-state index >= 15 is 0 Å². The standard InChI is InChI=1S/C19H37N5O/c1-2-3-4-5-6-7-8-9-10-11-12-13-17-16-24(23-22-17)15-14-18(20)19(21)25/h16,18H,2-15,20H2,1H3,(H2,21,25). The van der Waals surface area contributed by atoms with Crippen molar-refractivity contribution in [3.8, 4) is 0 Å². The van der Waals surface area contributed by atoms with Gasteiger partial charge in [-0.3, -0.25) is 9.48 Å². The van der Waals surface area contributed by atoms with Crippen molar-refractivity contribution in [1.29, 1.82) is 0 Å². The molecular weight excluding hydrogens is 314 g/mol. The molecule has 0 aliphatic rings. The highest BCUT2D eigenvalue weighted by atomic mass is 16.1. The molecule has 25 heavy (non-hydrogen) atoms. The van der Waals surface area contributed by atoms with Gasteiger partial charge in [0.2, 0.25) is 5.91 Å². The fourth-order valence-corrected chi connectivity index (χ4v) is 2.95. The average molecular weight is 352 g/mol. The van der Waals surface area contributed by atoms with E-state index in [1.807, 2.05) is 6.20 Å². The quantitative estimate of drug-likeness (QED) is 0.446. The van der Waals surface area contributed by atoms with Crippen LogP contribution < -0.4 is 11.5 Å². The smallest absolute Gasteiger partial charge is 0.234 e. The Labute approximate surface area is 152 Å². The molecule has 1 unspecified atom stereocenters. The van der Waals surface area contributed by atoms with Crippen molar-refractivity contribution in [3.63, 3.8) is 0 Å². The summed E-state index contributed by atoms with van der Waals surface area (Å²) in [5.74, 6) is -0.471. The molecule has 1 atom stereocenters. The number of primary amides is 1. The predicted molar refractivity (Wildman–Crippen MR) is 102 cm³/mol. The van der Waals surface area contributed by atoms with Crippen molar-refractivity contribution in [1.82, 2.24) is 15.0 Å². The maximum atomic E-state index is 10.9. The van der Waals surface area contributed by atoms with Gasteiger partial charge in [0.25, 0.3) is 0 Å². The minimum Gasteiger partial charge on any atom is -0.368 e. The van der Waals surface area contributed by atoms with Crippen molar-refractivity contribution in [2.24, 2.45) is 11.5 Å². The van der Waals surface area contributed by atoms with Crippen LogP contribution in [-0.4, -0.2) is 26.9 Å². The molecular formula is C19H37N5O. The van der Waals surface area contributed by atoms with Crippen molar-refractivity contribution in [3.05, 3.63) is 11.9 Å². The molecule has 6 nitrogen and oxygen atoms in total. The minimum absolute atomic E-state index is 0.471. The lowest BCUT2D eigenvalue weighted by atomic mass is 10.0. The summed E-state index contributed by atoms with van der Waals surface area (Å²) in [4.78, 5) is 10.9. The van der Waals surface area contributed by atoms with Crippen molar-refractivity contribution >= 4 is 5.91 Å². The van der Waals surface area contributed by atoms with Gasteiger partial charge in [0.15, 0.2) is 0 Å². The molecule has 0 aromatic carbocycles. The van der Waals surface area contributed by atoms with Crippen LogP contribution in [0.4, 0.5) is 0 Å². The number of aryl methyl sites for hydroxylation is 2. The Hall–Kier alpha value is -1.43. The lowest BCUT2D eigenvalue weighted by molar-refractivity contribution is -0.119. The number of carbonyl (C=O) groups is 1. The number of hydrogen-bond acceptors (Lipinski definition) is 4. The molecule has 0 fully saturated rings. The van der Waals surface area contributed by atoms with Crippen molar-refractivity contribution in [2.45, 2.75) is 103 Å². The van der Waals surface area contributed by atoms with Crippen LogP contribution in [0.25, 0.3) is 0 Å². The second-order valence-corrected chi connectivity index (χ2v) is 7.06. The molecule has 1 aromatic rings. The Morgan fingerprint density at radius 1 is 1.04 bits per heavy atom. The molecule has 1 heterocycles. The first kappa shape index (κ1) is 21.6. The molecule has 4 N–H and O–H groups in total. The van der Waals surface area contributed by atoms with Crippen LogP contribution in [0.3, 0.4) is 0 Å². The number of hydrogen-bond donors (Lipinski definition) is 2. The second-order valence-electron chi connectivity index (χ2n) is 7.06. The second kappa shape index (κ2) is 13.8. The molecule has 0 aliphatic carbocycles. The van der Waals surface area contributed by atoms with Gasteiger partial charge in [-0.2, -0.15) is 0 Å². The number of carbonyl (C=O) groups excluding carboxylic acids is 1. The Bertz CT molecular complexity index is 460. The number of nitrogens with two attached hydrogens (primary N) is 2. The lowest BCUT2D eigenvalue weighted by Gasteiger charge is -2.05. The molecule has 144 valence electrons. The molecule has 1 amide bonds. The first-order valence-corrected chi connectivity index (χ1v) is 10.1. The first-order valence-electron chi connectivity index (χ1n) is 10.1. The van der Waals surface area contributed by atoms with E-state index in [0.29, 0.717) is 13.0 Å². The zero-order chi connectivity index (χ0) is 18.3. The van der Waals surface area contributed by atoms with E-state index in [2.05, 4.69) is 17.2 Å². The third-order valence-corrected chi connectivity index (χ3v) is 4.66. The van der Waals surface area contributed by atoms with Gasteiger partial charge >= 0.3 is 0 Å². The largest absolute Gasteiger partial charge is 0.368 e. The topological polar surface area (TPSA) is 99.8 Å². The summed E-state index contributed by atoms with van der Waals surface area (Å²) in [6.07, 6.45) is 18.2. The van der Waals surface area contributed by atoms with Gasteiger partial charge in [0.1, 0.15) is 0 Å². The minimum atomic E-state index is -0.612. The summed E-state index contributed by atoms with van der Waals surface area (Å²) in [7, 11) is 0. The van der Waals surface area contributed by atoms with Crippen LogP contribution in [0.15, 0.2) is 6.20 Å². The van der Waals surface area contributed by atoms with E-state index < -0.39 is 11.9 Å². The number of aromatic nitrogens is 3. The zero-order valence-electron chi connectivity index (χ0n) is 16.0. The van der Waals surface area contributed by atoms with Crippen LogP contribution in [-0.2, 0) is 17.8 Å². The van der Waals surface area contributed by atoms with Crippen LogP contribution in [0.5, 0.6) is 0 Å². The summed E-state index contributed by atoms with van der Waals surface area (Å²) in [5.41, 5.74) is 11.8. The van der Waals surface area contributed by atoms with E-state index in [-0.39, 0.29) is 0 Å². The third kappa shape index (κ3) is 10.9. The van der Waals surface area contributed by atoms with Crippen molar-refractivity contribution in [2.75, 3.05) is 0 Å². The van der Waals surface area contributed by atoms with Crippen LogP contribution >= 0.6 is 0 Å². The van der Waals surface area contributed by atoms with Crippen LogP contribution in [0.2, 0.25) is 0 Å². The highest BCUT2D eigenvalue weighted by Gasteiger charge is 2.09.